The van der Waals surface area contributed by atoms with Gasteiger partial charge >= 0.3 is 0 Å². The molecule has 0 spiro atoms. The number of hydrogen-bond acceptors (Lipinski definition) is 2. The van der Waals surface area contributed by atoms with Crippen LogP contribution in [-0.2, 0) is 22.7 Å². The van der Waals surface area contributed by atoms with E-state index in [4.69, 9.17) is 0 Å². The normalized spacial score (nSPS) is 10.6. The molecule has 0 atom stereocenters. The van der Waals surface area contributed by atoms with E-state index in [1.165, 1.54) is 0 Å². The minimum atomic E-state index is -0.229. The molecule has 4 rings (SSSR count). The molecule has 0 N–H and O–H groups in total. The number of carbonyl (C=O) groups is 2. The molecule has 182 valence electrons. The van der Waals surface area contributed by atoms with Crippen LogP contribution in [0.25, 0.3) is 0 Å². The summed E-state index contributed by atoms with van der Waals surface area (Å²) in [4.78, 5) is 30.9. The van der Waals surface area contributed by atoms with E-state index >= 15 is 0 Å². The van der Waals surface area contributed by atoms with Gasteiger partial charge in [-0.1, -0.05) is 78.9 Å². The lowest BCUT2D eigenvalue weighted by Crippen LogP contribution is -2.38. The van der Waals surface area contributed by atoms with Crippen molar-refractivity contribution in [3.63, 3.8) is 0 Å². The molecule has 4 aromatic carbocycles. The minimum Gasteiger partial charge on any atom is -0.306 e. The smallest absolute Gasteiger partial charge is 0.236 e. The van der Waals surface area contributed by atoms with Crippen LogP contribution in [0, 0.1) is 14.1 Å². The Morgan fingerprint density at radius 1 is 0.611 bits per heavy atom. The monoisotopic (exact) mass is 700 g/mol. The van der Waals surface area contributed by atoms with Crippen LogP contribution >= 0.6 is 45.2 Å². The van der Waals surface area contributed by atoms with E-state index in [9.17, 15) is 9.59 Å². The van der Waals surface area contributed by atoms with E-state index in [1.807, 2.05) is 104 Å². The number of para-hydroxylation sites is 1. The van der Waals surface area contributed by atoms with Crippen molar-refractivity contribution in [2.45, 2.75) is 26.4 Å². The lowest BCUT2D eigenvalue weighted by Gasteiger charge is -2.27. The molecular formula is C30H26I2N2O2. The predicted molar refractivity (Wildman–Crippen MR) is 163 cm³/mol. The van der Waals surface area contributed by atoms with Crippen molar-refractivity contribution in [2.75, 3.05) is 9.80 Å². The van der Waals surface area contributed by atoms with Gasteiger partial charge in [0.2, 0.25) is 11.8 Å². The summed E-state index contributed by atoms with van der Waals surface area (Å²) in [5.74, 6) is -0.456. The summed E-state index contributed by atoms with van der Waals surface area (Å²) < 4.78 is 1.93. The first-order valence-electron chi connectivity index (χ1n) is 11.6. The summed E-state index contributed by atoms with van der Waals surface area (Å²) in [5.41, 5.74) is 4.76. The molecule has 0 fully saturated rings. The fraction of sp³-hybridized carbons (Fsp3) is 0.133. The van der Waals surface area contributed by atoms with Gasteiger partial charge in [0.25, 0.3) is 0 Å². The van der Waals surface area contributed by atoms with Crippen LogP contribution in [0.3, 0.4) is 0 Å². The molecule has 2 amide bonds. The van der Waals surface area contributed by atoms with E-state index in [1.54, 1.807) is 9.80 Å². The minimum absolute atomic E-state index is 0.227. The Balaban J connectivity index is 1.64. The number of rotatable bonds is 8. The van der Waals surface area contributed by atoms with Gasteiger partial charge in [0.1, 0.15) is 6.42 Å². The van der Waals surface area contributed by atoms with Gasteiger partial charge in [0, 0.05) is 7.14 Å². The summed E-state index contributed by atoms with van der Waals surface area (Å²) in [6.07, 6.45) is -0.228. The first-order valence-corrected chi connectivity index (χ1v) is 13.8. The standard InChI is InChI=1S/C30H26I2N2O2/c1-22-16-17-28(26(32)18-22)34(21-24-12-6-3-7-13-24)30(36)19-29(35)33(20-23-10-4-2-5-11-23)27-15-9-8-14-25(27)31/h2-18H,19-21H2,1H3. The molecule has 0 saturated heterocycles. The van der Waals surface area contributed by atoms with Crippen molar-refractivity contribution in [2.24, 2.45) is 0 Å². The summed E-state index contributed by atoms with van der Waals surface area (Å²) in [7, 11) is 0. The third-order valence-electron chi connectivity index (χ3n) is 5.81. The molecule has 4 nitrogen and oxygen atoms in total. The molecule has 0 aromatic heterocycles. The Bertz CT molecular complexity index is 1340. The van der Waals surface area contributed by atoms with Crippen molar-refractivity contribution in [3.8, 4) is 0 Å². The number of anilines is 2. The SMILES string of the molecule is Cc1ccc(N(Cc2ccccc2)C(=O)CC(=O)N(Cc2ccccc2)c2ccccc2I)c(I)c1. The molecule has 0 aliphatic rings. The molecule has 0 heterocycles. The summed E-state index contributed by atoms with van der Waals surface area (Å²) in [6, 6.07) is 33.5. The Hall–Kier alpha value is -2.72. The van der Waals surface area contributed by atoms with E-state index < -0.39 is 0 Å². The van der Waals surface area contributed by atoms with Crippen molar-refractivity contribution in [1.29, 1.82) is 0 Å². The number of halogens is 2. The van der Waals surface area contributed by atoms with Gasteiger partial charge in [-0.2, -0.15) is 0 Å². The molecule has 6 heteroatoms. The van der Waals surface area contributed by atoms with Gasteiger partial charge < -0.3 is 9.80 Å². The number of nitrogens with zero attached hydrogens (tertiary/aromatic N) is 2. The quantitative estimate of drug-likeness (QED) is 0.143. The molecule has 4 aromatic rings. The number of amides is 2. The van der Waals surface area contributed by atoms with Crippen LogP contribution in [-0.4, -0.2) is 11.8 Å². The topological polar surface area (TPSA) is 40.6 Å². The number of carbonyl (C=O) groups excluding carboxylic acids is 2. The Morgan fingerprint density at radius 3 is 1.58 bits per heavy atom. The van der Waals surface area contributed by atoms with E-state index in [2.05, 4.69) is 51.2 Å². The zero-order valence-electron chi connectivity index (χ0n) is 19.9. The van der Waals surface area contributed by atoms with Crippen molar-refractivity contribution in [3.05, 3.63) is 127 Å². The highest BCUT2D eigenvalue weighted by Gasteiger charge is 2.26. The maximum absolute atomic E-state index is 13.7. The maximum atomic E-state index is 13.7. The fourth-order valence-electron chi connectivity index (χ4n) is 3.97. The number of hydrogen-bond donors (Lipinski definition) is 0. The lowest BCUT2D eigenvalue weighted by molar-refractivity contribution is -0.126. The third kappa shape index (κ3) is 6.73. The Morgan fingerprint density at radius 2 is 1.08 bits per heavy atom. The molecule has 0 bridgehead atoms. The highest BCUT2D eigenvalue weighted by atomic mass is 127. The second-order valence-corrected chi connectivity index (χ2v) is 10.8. The van der Waals surface area contributed by atoms with Crippen LogP contribution < -0.4 is 9.80 Å². The molecule has 0 aliphatic heterocycles. The van der Waals surface area contributed by atoms with Crippen molar-refractivity contribution in [1.82, 2.24) is 0 Å². The molecule has 0 radical (unpaired) electrons. The highest BCUT2D eigenvalue weighted by molar-refractivity contribution is 14.1. The van der Waals surface area contributed by atoms with Crippen LogP contribution in [0.15, 0.2) is 103 Å². The second kappa shape index (κ2) is 12.5. The first kappa shape index (κ1) is 26.3. The van der Waals surface area contributed by atoms with Gasteiger partial charge in [-0.3, -0.25) is 9.59 Å². The third-order valence-corrected chi connectivity index (χ3v) is 7.59. The molecule has 0 saturated carbocycles. The molecule has 0 unspecified atom stereocenters. The van der Waals surface area contributed by atoms with Gasteiger partial charge in [-0.25, -0.2) is 0 Å². The van der Waals surface area contributed by atoms with Crippen molar-refractivity contribution >= 4 is 68.4 Å². The number of aryl methyl sites for hydroxylation is 1. The highest BCUT2D eigenvalue weighted by Crippen LogP contribution is 2.28. The van der Waals surface area contributed by atoms with Crippen LogP contribution in [0.4, 0.5) is 11.4 Å². The molecule has 0 aliphatic carbocycles. The Kier molecular flexibility index (Phi) is 9.14. The van der Waals surface area contributed by atoms with Crippen LogP contribution in [0.1, 0.15) is 23.1 Å². The average Bonchev–Trinajstić information content (AvgIpc) is 2.88. The maximum Gasteiger partial charge on any atom is 0.236 e. The van der Waals surface area contributed by atoms with Gasteiger partial charge in [-0.15, -0.1) is 0 Å². The Labute approximate surface area is 239 Å². The van der Waals surface area contributed by atoms with Crippen LogP contribution in [0.2, 0.25) is 0 Å². The van der Waals surface area contributed by atoms with Gasteiger partial charge in [-0.05, 0) is 93.1 Å². The van der Waals surface area contributed by atoms with Crippen molar-refractivity contribution < 1.29 is 9.59 Å². The average molecular weight is 700 g/mol. The van der Waals surface area contributed by atoms with E-state index in [0.717, 1.165) is 35.2 Å². The zero-order chi connectivity index (χ0) is 25.5. The van der Waals surface area contributed by atoms with E-state index in [0.29, 0.717) is 13.1 Å². The van der Waals surface area contributed by atoms with Crippen LogP contribution in [0.5, 0.6) is 0 Å². The fourth-order valence-corrected chi connectivity index (χ4v) is 5.61. The summed E-state index contributed by atoms with van der Waals surface area (Å²) in [5, 5.41) is 0. The molecular weight excluding hydrogens is 674 g/mol. The second-order valence-electron chi connectivity index (χ2n) is 8.51. The zero-order valence-corrected chi connectivity index (χ0v) is 24.2. The largest absolute Gasteiger partial charge is 0.306 e. The van der Waals surface area contributed by atoms with E-state index in [-0.39, 0.29) is 18.2 Å². The van der Waals surface area contributed by atoms with Gasteiger partial charge in [0.15, 0.2) is 0 Å². The lowest BCUT2D eigenvalue weighted by atomic mass is 10.1. The number of benzene rings is 4. The summed E-state index contributed by atoms with van der Waals surface area (Å²) >= 11 is 4.50. The molecule has 36 heavy (non-hydrogen) atoms. The summed E-state index contributed by atoms with van der Waals surface area (Å²) in [6.45, 7) is 2.82. The first-order chi connectivity index (χ1) is 17.4. The predicted octanol–water partition coefficient (Wildman–Crippen LogP) is 7.36. The van der Waals surface area contributed by atoms with Gasteiger partial charge in [0.05, 0.1) is 24.5 Å².